The van der Waals surface area contributed by atoms with Crippen LogP contribution >= 0.6 is 23.2 Å². The molecule has 0 radical (unpaired) electrons. The highest BCUT2D eigenvalue weighted by molar-refractivity contribution is 6.37. The van der Waals surface area contributed by atoms with E-state index in [2.05, 4.69) is 0 Å². The highest BCUT2D eigenvalue weighted by atomic mass is 35.5. The van der Waals surface area contributed by atoms with Crippen LogP contribution in [0.25, 0.3) is 0 Å². The standard InChI is InChI=1S/C28H24Cl2FNO5/c29-18-11-16(12-19(30)28(18)37-14-15-7-9-17(31)10-8-15)25-26-20(3-1-5-22(26)33)32(13-24(35)36)21-4-2-6-23(34)27(21)25/h7-12,25H,1-6,13-14H2,(H,35,36). The maximum Gasteiger partial charge on any atom is 0.323 e. The van der Waals surface area contributed by atoms with E-state index < -0.39 is 11.9 Å². The molecule has 0 unspecified atom stereocenters. The fraction of sp³-hybridized carbons (Fsp3) is 0.321. The van der Waals surface area contributed by atoms with Gasteiger partial charge in [-0.15, -0.1) is 0 Å². The molecular formula is C28H24Cl2FNO5. The van der Waals surface area contributed by atoms with Gasteiger partial charge in [-0.1, -0.05) is 35.3 Å². The van der Waals surface area contributed by atoms with E-state index >= 15 is 0 Å². The summed E-state index contributed by atoms with van der Waals surface area (Å²) in [5, 5.41) is 10.0. The molecule has 2 aromatic rings. The van der Waals surface area contributed by atoms with Gasteiger partial charge in [0.2, 0.25) is 0 Å². The van der Waals surface area contributed by atoms with Crippen LogP contribution in [-0.2, 0) is 21.0 Å². The number of rotatable bonds is 6. The van der Waals surface area contributed by atoms with Crippen molar-refractivity contribution in [2.45, 2.75) is 51.0 Å². The van der Waals surface area contributed by atoms with Crippen LogP contribution in [-0.4, -0.2) is 34.1 Å². The molecule has 2 aromatic carbocycles. The largest absolute Gasteiger partial charge is 0.486 e. The molecule has 0 bridgehead atoms. The van der Waals surface area contributed by atoms with Crippen molar-refractivity contribution in [3.8, 4) is 5.75 Å². The van der Waals surface area contributed by atoms with Gasteiger partial charge < -0.3 is 14.7 Å². The number of allylic oxidation sites excluding steroid dienone is 4. The Hall–Kier alpha value is -3.16. The smallest absolute Gasteiger partial charge is 0.323 e. The van der Waals surface area contributed by atoms with Gasteiger partial charge in [-0.25, -0.2) is 4.39 Å². The van der Waals surface area contributed by atoms with Crippen molar-refractivity contribution >= 4 is 40.7 Å². The summed E-state index contributed by atoms with van der Waals surface area (Å²) in [7, 11) is 0. The molecule has 0 atom stereocenters. The van der Waals surface area contributed by atoms with E-state index in [9.17, 15) is 23.9 Å². The maximum atomic E-state index is 13.3. The van der Waals surface area contributed by atoms with E-state index in [1.54, 1.807) is 29.2 Å². The second-order valence-electron chi connectivity index (χ2n) is 9.42. The van der Waals surface area contributed by atoms with Gasteiger partial charge in [0.25, 0.3) is 0 Å². The molecule has 1 aliphatic heterocycles. The topological polar surface area (TPSA) is 83.9 Å². The summed E-state index contributed by atoms with van der Waals surface area (Å²) in [4.78, 5) is 39.9. The molecule has 2 aliphatic carbocycles. The third-order valence-electron chi connectivity index (χ3n) is 7.03. The molecule has 0 aromatic heterocycles. The molecule has 9 heteroatoms. The number of Topliss-reactive ketones (excluding diaryl/α,β-unsaturated/α-hetero) is 2. The van der Waals surface area contributed by atoms with E-state index in [4.69, 9.17) is 27.9 Å². The van der Waals surface area contributed by atoms with Gasteiger partial charge >= 0.3 is 5.97 Å². The number of aliphatic carboxylic acids is 1. The first-order valence-electron chi connectivity index (χ1n) is 12.1. The molecule has 1 N–H and O–H groups in total. The number of hydrogen-bond acceptors (Lipinski definition) is 5. The minimum absolute atomic E-state index is 0.101. The van der Waals surface area contributed by atoms with E-state index in [1.165, 1.54) is 12.1 Å². The van der Waals surface area contributed by atoms with E-state index in [-0.39, 0.29) is 46.3 Å². The lowest BCUT2D eigenvalue weighted by molar-refractivity contribution is -0.138. The van der Waals surface area contributed by atoms with Crippen molar-refractivity contribution in [2.75, 3.05) is 6.54 Å². The molecule has 3 aliphatic rings. The number of carbonyl (C=O) groups excluding carboxylic acids is 2. The maximum absolute atomic E-state index is 13.3. The average molecular weight is 544 g/mol. The van der Waals surface area contributed by atoms with E-state index in [1.807, 2.05) is 0 Å². The Kier molecular flexibility index (Phi) is 7.10. The monoisotopic (exact) mass is 543 g/mol. The number of halogens is 3. The Morgan fingerprint density at radius 3 is 2.00 bits per heavy atom. The summed E-state index contributed by atoms with van der Waals surface area (Å²) in [5.74, 6) is -2.01. The van der Waals surface area contributed by atoms with Crippen LogP contribution in [0.3, 0.4) is 0 Å². The average Bonchev–Trinajstić information content (AvgIpc) is 2.85. The number of benzene rings is 2. The number of ether oxygens (including phenoxy) is 1. The molecular weight excluding hydrogens is 520 g/mol. The summed E-state index contributed by atoms with van der Waals surface area (Å²) >= 11 is 13.2. The lowest BCUT2D eigenvalue weighted by atomic mass is 9.71. The van der Waals surface area contributed by atoms with Gasteiger partial charge in [0, 0.05) is 41.3 Å². The first kappa shape index (κ1) is 25.5. The van der Waals surface area contributed by atoms with Crippen molar-refractivity contribution in [3.63, 3.8) is 0 Å². The number of nitrogens with zero attached hydrogens (tertiary/aromatic N) is 1. The molecule has 5 rings (SSSR count). The zero-order valence-electron chi connectivity index (χ0n) is 19.9. The summed E-state index contributed by atoms with van der Waals surface area (Å²) in [6, 6.07) is 9.18. The van der Waals surface area contributed by atoms with Gasteiger partial charge in [-0.2, -0.15) is 0 Å². The van der Waals surface area contributed by atoms with Gasteiger partial charge in [-0.3, -0.25) is 14.4 Å². The number of carbonyl (C=O) groups is 3. The molecule has 37 heavy (non-hydrogen) atoms. The normalized spacial score (nSPS) is 18.2. The number of carboxylic acid groups (broad SMARTS) is 1. The minimum Gasteiger partial charge on any atom is -0.486 e. The van der Waals surface area contributed by atoms with Gasteiger partial charge in [0.15, 0.2) is 17.3 Å². The Balaban J connectivity index is 1.57. The zero-order valence-corrected chi connectivity index (χ0v) is 21.4. The van der Waals surface area contributed by atoms with Crippen molar-refractivity contribution in [1.82, 2.24) is 4.90 Å². The number of hydrogen-bond donors (Lipinski definition) is 1. The Bertz CT molecular complexity index is 1300. The molecule has 192 valence electrons. The van der Waals surface area contributed by atoms with Crippen molar-refractivity contribution in [1.29, 1.82) is 0 Å². The van der Waals surface area contributed by atoms with Crippen LogP contribution in [0.15, 0.2) is 58.9 Å². The molecule has 1 heterocycles. The summed E-state index contributed by atoms with van der Waals surface area (Å²) in [6.45, 7) is -0.184. The predicted octanol–water partition coefficient (Wildman–Crippen LogP) is 6.21. The number of ketones is 2. The van der Waals surface area contributed by atoms with Crippen LogP contribution in [0, 0.1) is 5.82 Å². The number of carboxylic acids is 1. The van der Waals surface area contributed by atoms with Crippen LogP contribution < -0.4 is 4.74 Å². The van der Waals surface area contributed by atoms with E-state index in [0.717, 1.165) is 5.56 Å². The molecule has 0 saturated heterocycles. The van der Waals surface area contributed by atoms with Gasteiger partial charge in [0.1, 0.15) is 19.0 Å². The van der Waals surface area contributed by atoms with Crippen molar-refractivity contribution < 1.29 is 28.6 Å². The first-order valence-corrected chi connectivity index (χ1v) is 12.9. The lowest BCUT2D eigenvalue weighted by Gasteiger charge is -2.43. The Morgan fingerprint density at radius 1 is 0.946 bits per heavy atom. The third kappa shape index (κ3) is 4.90. The molecule has 0 spiro atoms. The predicted molar refractivity (Wildman–Crippen MR) is 136 cm³/mol. The summed E-state index contributed by atoms with van der Waals surface area (Å²) in [5.41, 5.74) is 3.56. The first-order chi connectivity index (χ1) is 17.7. The van der Waals surface area contributed by atoms with Crippen LogP contribution in [0.5, 0.6) is 5.75 Å². The highest BCUT2D eigenvalue weighted by Crippen LogP contribution is 2.50. The van der Waals surface area contributed by atoms with Crippen LogP contribution in [0.4, 0.5) is 4.39 Å². The fourth-order valence-electron chi connectivity index (χ4n) is 5.50. The summed E-state index contributed by atoms with van der Waals surface area (Å²) < 4.78 is 19.0. The van der Waals surface area contributed by atoms with Gasteiger partial charge in [-0.05, 0) is 61.1 Å². The fourth-order valence-corrected chi connectivity index (χ4v) is 6.11. The third-order valence-corrected chi connectivity index (χ3v) is 7.59. The zero-order chi connectivity index (χ0) is 26.3. The van der Waals surface area contributed by atoms with Crippen molar-refractivity contribution in [3.05, 3.63) is 85.9 Å². The Labute approximate surface area is 223 Å². The van der Waals surface area contributed by atoms with Crippen molar-refractivity contribution in [2.24, 2.45) is 0 Å². The molecule has 0 amide bonds. The molecule has 6 nitrogen and oxygen atoms in total. The quantitative estimate of drug-likeness (QED) is 0.466. The Morgan fingerprint density at radius 2 is 1.49 bits per heavy atom. The second-order valence-corrected chi connectivity index (χ2v) is 10.2. The van der Waals surface area contributed by atoms with Crippen LogP contribution in [0.2, 0.25) is 10.0 Å². The highest BCUT2D eigenvalue weighted by Gasteiger charge is 2.44. The van der Waals surface area contributed by atoms with E-state index in [0.29, 0.717) is 66.6 Å². The SMILES string of the molecule is O=C(O)CN1C2=C(C(=O)CCC2)C(c2cc(Cl)c(OCc3ccc(F)cc3)c(Cl)c2)C2=C1CCCC2=O. The second kappa shape index (κ2) is 10.3. The van der Waals surface area contributed by atoms with Gasteiger partial charge in [0.05, 0.1) is 10.0 Å². The summed E-state index contributed by atoms with van der Waals surface area (Å²) in [6.07, 6.45) is 3.00. The lowest BCUT2D eigenvalue weighted by Crippen LogP contribution is -2.41. The molecule has 0 saturated carbocycles. The van der Waals surface area contributed by atoms with Crippen LogP contribution in [0.1, 0.15) is 55.6 Å². The molecule has 0 fully saturated rings. The minimum atomic E-state index is -1.03.